The van der Waals surface area contributed by atoms with Crippen LogP contribution in [0.4, 0.5) is 8.78 Å². The molecule has 1 aromatic rings. The van der Waals surface area contributed by atoms with Crippen LogP contribution in [0.5, 0.6) is 0 Å². The Hall–Kier alpha value is -0.960. The van der Waals surface area contributed by atoms with Crippen LogP contribution < -0.4 is 0 Å². The van der Waals surface area contributed by atoms with E-state index in [0.29, 0.717) is 0 Å². The molecule has 102 valence electrons. The van der Waals surface area contributed by atoms with E-state index in [1.807, 2.05) is 0 Å². The predicted molar refractivity (Wildman–Crippen MR) is 69.4 cm³/mol. The summed E-state index contributed by atoms with van der Waals surface area (Å²) in [5, 5.41) is 10.1. The Bertz CT molecular complexity index is 339. The highest BCUT2D eigenvalue weighted by atomic mass is 19.1. The highest BCUT2D eigenvalue weighted by Crippen LogP contribution is 2.23. The van der Waals surface area contributed by atoms with Crippen LogP contribution in [-0.4, -0.2) is 11.2 Å². The van der Waals surface area contributed by atoms with Gasteiger partial charge >= 0.3 is 0 Å². The third-order valence-corrected chi connectivity index (χ3v) is 3.34. The average Bonchev–Trinajstić information content (AvgIpc) is 2.33. The van der Waals surface area contributed by atoms with Gasteiger partial charge in [-0.3, -0.25) is 0 Å². The monoisotopic (exact) mass is 256 g/mol. The molecule has 0 aliphatic carbocycles. The molecule has 1 nitrogen and oxygen atoms in total. The zero-order valence-electron chi connectivity index (χ0n) is 11.1. The third-order valence-electron chi connectivity index (χ3n) is 3.34. The van der Waals surface area contributed by atoms with Crippen LogP contribution in [0.15, 0.2) is 18.2 Å². The molecule has 0 aliphatic heterocycles. The number of hydrogen-bond donors (Lipinski definition) is 1. The van der Waals surface area contributed by atoms with Gasteiger partial charge in [0.25, 0.3) is 0 Å². The lowest BCUT2D eigenvalue weighted by Crippen LogP contribution is -2.24. The van der Waals surface area contributed by atoms with Gasteiger partial charge in [-0.1, -0.05) is 32.8 Å². The van der Waals surface area contributed by atoms with Crippen molar-refractivity contribution in [1.82, 2.24) is 0 Å². The van der Waals surface area contributed by atoms with E-state index in [4.69, 9.17) is 0 Å². The fraction of sp³-hybridized carbons (Fsp3) is 0.600. The number of rotatable bonds is 7. The molecular weight excluding hydrogens is 234 g/mol. The Balaban J connectivity index is 2.75. The maximum absolute atomic E-state index is 13.5. The van der Waals surface area contributed by atoms with Crippen molar-refractivity contribution in [3.8, 4) is 0 Å². The first kappa shape index (κ1) is 15.1. The first-order chi connectivity index (χ1) is 8.60. The van der Waals surface area contributed by atoms with E-state index in [1.165, 1.54) is 18.2 Å². The minimum absolute atomic E-state index is 0.00204. The van der Waals surface area contributed by atoms with Gasteiger partial charge in [-0.2, -0.15) is 0 Å². The van der Waals surface area contributed by atoms with Crippen LogP contribution in [0, 0.1) is 17.6 Å². The molecule has 18 heavy (non-hydrogen) atoms. The van der Waals surface area contributed by atoms with Gasteiger partial charge in [0.2, 0.25) is 0 Å². The standard InChI is InChI=1S/C15H22F2O/c1-3-6-11(7-4-2)15(18)10-12-13(16)8-5-9-14(12)17/h5,8-9,11,15,18H,3-4,6-7,10H2,1-2H3. The topological polar surface area (TPSA) is 20.2 Å². The lowest BCUT2D eigenvalue weighted by molar-refractivity contribution is 0.0946. The molecule has 0 radical (unpaired) electrons. The SMILES string of the molecule is CCCC(CCC)C(O)Cc1c(F)cccc1F. The van der Waals surface area contributed by atoms with E-state index in [0.717, 1.165) is 25.7 Å². The van der Waals surface area contributed by atoms with E-state index in [-0.39, 0.29) is 17.9 Å². The molecule has 3 heteroatoms. The summed E-state index contributed by atoms with van der Waals surface area (Å²) in [4.78, 5) is 0. The van der Waals surface area contributed by atoms with Gasteiger partial charge in [-0.05, 0) is 30.9 Å². The molecule has 0 heterocycles. The largest absolute Gasteiger partial charge is 0.392 e. The number of hydrogen-bond acceptors (Lipinski definition) is 1. The van der Waals surface area contributed by atoms with E-state index in [2.05, 4.69) is 13.8 Å². The first-order valence-electron chi connectivity index (χ1n) is 6.71. The lowest BCUT2D eigenvalue weighted by Gasteiger charge is -2.22. The highest BCUT2D eigenvalue weighted by Gasteiger charge is 2.21. The molecule has 0 saturated heterocycles. The average molecular weight is 256 g/mol. The van der Waals surface area contributed by atoms with Crippen LogP contribution >= 0.6 is 0 Å². The lowest BCUT2D eigenvalue weighted by atomic mass is 9.88. The van der Waals surface area contributed by atoms with Gasteiger partial charge in [0, 0.05) is 12.0 Å². The summed E-state index contributed by atoms with van der Waals surface area (Å²) in [6, 6.07) is 3.82. The predicted octanol–water partition coefficient (Wildman–Crippen LogP) is 4.08. The zero-order valence-corrected chi connectivity index (χ0v) is 11.1. The van der Waals surface area contributed by atoms with Crippen molar-refractivity contribution >= 4 is 0 Å². The molecule has 0 aromatic heterocycles. The third kappa shape index (κ3) is 4.05. The molecule has 1 N–H and O–H groups in total. The second-order valence-corrected chi connectivity index (χ2v) is 4.81. The minimum atomic E-state index is -0.670. The minimum Gasteiger partial charge on any atom is -0.392 e. The summed E-state index contributed by atoms with van der Waals surface area (Å²) < 4.78 is 27.0. The number of benzene rings is 1. The van der Waals surface area contributed by atoms with Gasteiger partial charge in [0.15, 0.2) is 0 Å². The maximum Gasteiger partial charge on any atom is 0.129 e. The van der Waals surface area contributed by atoms with Crippen molar-refractivity contribution in [2.24, 2.45) is 5.92 Å². The molecule has 0 fully saturated rings. The van der Waals surface area contributed by atoms with Crippen molar-refractivity contribution in [1.29, 1.82) is 0 Å². The van der Waals surface area contributed by atoms with Crippen LogP contribution in [0.2, 0.25) is 0 Å². The summed E-state index contributed by atoms with van der Waals surface area (Å²) in [7, 11) is 0. The second-order valence-electron chi connectivity index (χ2n) is 4.81. The fourth-order valence-electron chi connectivity index (χ4n) is 2.37. The summed E-state index contributed by atoms with van der Waals surface area (Å²) in [6.07, 6.45) is 3.12. The Morgan fingerprint density at radius 1 is 1.06 bits per heavy atom. The molecule has 1 unspecified atom stereocenters. The molecule has 1 aromatic carbocycles. The Kier molecular flexibility index (Phi) is 6.27. The van der Waals surface area contributed by atoms with Crippen LogP contribution in [0.25, 0.3) is 0 Å². The van der Waals surface area contributed by atoms with Gasteiger partial charge in [0.1, 0.15) is 11.6 Å². The Morgan fingerprint density at radius 3 is 2.00 bits per heavy atom. The molecule has 0 amide bonds. The van der Waals surface area contributed by atoms with Crippen LogP contribution in [0.3, 0.4) is 0 Å². The molecule has 0 aliphatic rings. The van der Waals surface area contributed by atoms with Crippen LogP contribution in [0.1, 0.15) is 45.1 Å². The Labute approximate surface area is 108 Å². The van der Waals surface area contributed by atoms with Crippen molar-refractivity contribution in [2.75, 3.05) is 0 Å². The molecule has 1 rings (SSSR count). The summed E-state index contributed by atoms with van der Waals surface area (Å²) >= 11 is 0. The van der Waals surface area contributed by atoms with Crippen molar-refractivity contribution in [3.63, 3.8) is 0 Å². The van der Waals surface area contributed by atoms with Crippen molar-refractivity contribution in [3.05, 3.63) is 35.4 Å². The van der Waals surface area contributed by atoms with Gasteiger partial charge in [-0.25, -0.2) is 8.78 Å². The zero-order chi connectivity index (χ0) is 13.5. The first-order valence-corrected chi connectivity index (χ1v) is 6.71. The Morgan fingerprint density at radius 2 is 1.56 bits per heavy atom. The van der Waals surface area contributed by atoms with Gasteiger partial charge in [-0.15, -0.1) is 0 Å². The number of aliphatic hydroxyl groups is 1. The quantitative estimate of drug-likeness (QED) is 0.779. The summed E-state index contributed by atoms with van der Waals surface area (Å²) in [5.74, 6) is -1.01. The number of halogens is 2. The van der Waals surface area contributed by atoms with E-state index in [1.54, 1.807) is 0 Å². The van der Waals surface area contributed by atoms with E-state index in [9.17, 15) is 13.9 Å². The molecule has 0 bridgehead atoms. The molecular formula is C15H22F2O. The van der Waals surface area contributed by atoms with Crippen LogP contribution in [-0.2, 0) is 6.42 Å². The van der Waals surface area contributed by atoms with Gasteiger partial charge < -0.3 is 5.11 Å². The normalized spacial score (nSPS) is 13.0. The fourth-order valence-corrected chi connectivity index (χ4v) is 2.37. The van der Waals surface area contributed by atoms with E-state index < -0.39 is 17.7 Å². The smallest absolute Gasteiger partial charge is 0.129 e. The summed E-state index contributed by atoms with van der Waals surface area (Å²) in [6.45, 7) is 4.11. The van der Waals surface area contributed by atoms with Crippen molar-refractivity contribution < 1.29 is 13.9 Å². The molecule has 0 saturated carbocycles. The number of aliphatic hydroxyl groups excluding tert-OH is 1. The molecule has 1 atom stereocenters. The maximum atomic E-state index is 13.5. The highest BCUT2D eigenvalue weighted by molar-refractivity contribution is 5.20. The summed E-state index contributed by atoms with van der Waals surface area (Å²) in [5.41, 5.74) is 0.00204. The van der Waals surface area contributed by atoms with Crippen molar-refractivity contribution in [2.45, 2.75) is 52.1 Å². The van der Waals surface area contributed by atoms with Gasteiger partial charge in [0.05, 0.1) is 6.10 Å². The second kappa shape index (κ2) is 7.47. The van der Waals surface area contributed by atoms with E-state index >= 15 is 0 Å². The molecule has 0 spiro atoms.